The minimum Gasteiger partial charge on any atom is -0.317 e. The highest BCUT2D eigenvalue weighted by molar-refractivity contribution is 4.84. The van der Waals surface area contributed by atoms with Crippen LogP contribution >= 0.6 is 0 Å². The highest BCUT2D eigenvalue weighted by Gasteiger charge is 2.32. The van der Waals surface area contributed by atoms with Gasteiger partial charge in [0.05, 0.1) is 0 Å². The van der Waals surface area contributed by atoms with Crippen LogP contribution in [0.1, 0.15) is 52.9 Å². The Morgan fingerprint density at radius 2 is 1.92 bits per heavy atom. The van der Waals surface area contributed by atoms with E-state index in [9.17, 15) is 0 Å². The van der Waals surface area contributed by atoms with E-state index in [-0.39, 0.29) is 0 Å². The molecule has 0 saturated heterocycles. The number of hydrogen-bond acceptors (Lipinski definition) is 1. The fourth-order valence-electron chi connectivity index (χ4n) is 2.11. The van der Waals surface area contributed by atoms with Crippen LogP contribution < -0.4 is 5.32 Å². The second kappa shape index (κ2) is 4.99. The van der Waals surface area contributed by atoms with E-state index < -0.39 is 0 Å². The summed E-state index contributed by atoms with van der Waals surface area (Å²) in [6.45, 7) is 9.48. The van der Waals surface area contributed by atoms with E-state index in [2.05, 4.69) is 26.1 Å². The third-order valence-corrected chi connectivity index (χ3v) is 3.58. The molecule has 78 valence electrons. The molecule has 0 amide bonds. The lowest BCUT2D eigenvalue weighted by molar-refractivity contribution is 0.111. The molecule has 0 bridgehead atoms. The predicted octanol–water partition coefficient (Wildman–Crippen LogP) is 3.20. The SMILES string of the molecule is CCCNCCC(C)(C)C1CCC1. The van der Waals surface area contributed by atoms with E-state index in [0.717, 1.165) is 5.92 Å². The molecule has 0 aromatic carbocycles. The van der Waals surface area contributed by atoms with Crippen LogP contribution in [0.4, 0.5) is 0 Å². The van der Waals surface area contributed by atoms with Gasteiger partial charge in [0.1, 0.15) is 0 Å². The molecule has 0 aromatic heterocycles. The van der Waals surface area contributed by atoms with Gasteiger partial charge in [0.25, 0.3) is 0 Å². The molecule has 0 radical (unpaired) electrons. The monoisotopic (exact) mass is 183 g/mol. The Morgan fingerprint density at radius 1 is 1.23 bits per heavy atom. The Balaban J connectivity index is 2.10. The van der Waals surface area contributed by atoms with E-state index in [1.54, 1.807) is 0 Å². The van der Waals surface area contributed by atoms with Crippen LogP contribution in [0.5, 0.6) is 0 Å². The van der Waals surface area contributed by atoms with E-state index in [0.29, 0.717) is 5.41 Å². The third kappa shape index (κ3) is 3.30. The Kier molecular flexibility index (Phi) is 4.24. The second-order valence-electron chi connectivity index (χ2n) is 5.12. The van der Waals surface area contributed by atoms with E-state index >= 15 is 0 Å². The molecule has 1 rings (SSSR count). The summed E-state index contributed by atoms with van der Waals surface area (Å²) in [7, 11) is 0. The summed E-state index contributed by atoms with van der Waals surface area (Å²) in [5.41, 5.74) is 0.582. The summed E-state index contributed by atoms with van der Waals surface area (Å²) < 4.78 is 0. The Morgan fingerprint density at radius 3 is 2.38 bits per heavy atom. The summed E-state index contributed by atoms with van der Waals surface area (Å²) in [5, 5.41) is 3.49. The van der Waals surface area contributed by atoms with Gasteiger partial charge in [0, 0.05) is 0 Å². The summed E-state index contributed by atoms with van der Waals surface area (Å²) in [6.07, 6.45) is 7.01. The molecule has 1 saturated carbocycles. The van der Waals surface area contributed by atoms with Crippen molar-refractivity contribution >= 4 is 0 Å². The molecule has 1 aliphatic rings. The zero-order chi connectivity index (χ0) is 9.73. The van der Waals surface area contributed by atoms with Crippen LogP contribution in [0.25, 0.3) is 0 Å². The van der Waals surface area contributed by atoms with Crippen LogP contribution in [-0.4, -0.2) is 13.1 Å². The fourth-order valence-corrected chi connectivity index (χ4v) is 2.11. The molecular formula is C12H25N. The second-order valence-corrected chi connectivity index (χ2v) is 5.12. The van der Waals surface area contributed by atoms with Crippen LogP contribution in [0, 0.1) is 11.3 Å². The summed E-state index contributed by atoms with van der Waals surface area (Å²) >= 11 is 0. The molecule has 1 heteroatoms. The molecule has 1 aliphatic carbocycles. The summed E-state index contributed by atoms with van der Waals surface area (Å²) in [6, 6.07) is 0. The van der Waals surface area contributed by atoms with Crippen molar-refractivity contribution in [2.24, 2.45) is 11.3 Å². The highest BCUT2D eigenvalue weighted by Crippen LogP contribution is 2.43. The first-order chi connectivity index (χ1) is 6.17. The van der Waals surface area contributed by atoms with Gasteiger partial charge in [-0.25, -0.2) is 0 Å². The lowest BCUT2D eigenvalue weighted by atomic mass is 9.66. The predicted molar refractivity (Wildman–Crippen MR) is 58.9 cm³/mol. The molecule has 1 fully saturated rings. The minimum absolute atomic E-state index is 0.582. The van der Waals surface area contributed by atoms with Gasteiger partial charge in [-0.2, -0.15) is 0 Å². The van der Waals surface area contributed by atoms with Crippen molar-refractivity contribution < 1.29 is 0 Å². The maximum Gasteiger partial charge on any atom is -0.00437 e. The van der Waals surface area contributed by atoms with Gasteiger partial charge in [0.15, 0.2) is 0 Å². The van der Waals surface area contributed by atoms with Gasteiger partial charge in [-0.05, 0) is 50.1 Å². The van der Waals surface area contributed by atoms with Crippen LogP contribution in [0.3, 0.4) is 0 Å². The summed E-state index contributed by atoms with van der Waals surface area (Å²) in [4.78, 5) is 0. The van der Waals surface area contributed by atoms with Crippen molar-refractivity contribution in [1.29, 1.82) is 0 Å². The molecule has 1 N–H and O–H groups in total. The molecule has 0 unspecified atom stereocenters. The molecule has 0 atom stereocenters. The molecule has 0 aliphatic heterocycles. The smallest absolute Gasteiger partial charge is 0.00437 e. The topological polar surface area (TPSA) is 12.0 Å². The van der Waals surface area contributed by atoms with Crippen LogP contribution in [0.15, 0.2) is 0 Å². The van der Waals surface area contributed by atoms with Crippen molar-refractivity contribution in [2.45, 2.75) is 52.9 Å². The Bertz CT molecular complexity index is 136. The van der Waals surface area contributed by atoms with E-state index in [1.165, 1.54) is 45.2 Å². The van der Waals surface area contributed by atoms with Gasteiger partial charge >= 0.3 is 0 Å². The van der Waals surface area contributed by atoms with Gasteiger partial charge in [-0.15, -0.1) is 0 Å². The maximum atomic E-state index is 3.49. The van der Waals surface area contributed by atoms with Gasteiger partial charge in [-0.1, -0.05) is 27.2 Å². The average Bonchev–Trinajstić information content (AvgIpc) is 1.93. The molecular weight excluding hydrogens is 158 g/mol. The molecule has 0 heterocycles. The largest absolute Gasteiger partial charge is 0.317 e. The molecule has 0 spiro atoms. The Labute approximate surface area is 83.3 Å². The zero-order valence-electron chi connectivity index (χ0n) is 9.53. The van der Waals surface area contributed by atoms with Crippen molar-refractivity contribution in [3.63, 3.8) is 0 Å². The standard InChI is InChI=1S/C12H25N/c1-4-9-13-10-8-12(2,3)11-6-5-7-11/h11,13H,4-10H2,1-3H3. The third-order valence-electron chi connectivity index (χ3n) is 3.58. The quantitative estimate of drug-likeness (QED) is 0.624. The lowest BCUT2D eigenvalue weighted by Crippen LogP contribution is -2.33. The summed E-state index contributed by atoms with van der Waals surface area (Å²) in [5.74, 6) is 1.01. The average molecular weight is 183 g/mol. The zero-order valence-corrected chi connectivity index (χ0v) is 9.53. The molecule has 13 heavy (non-hydrogen) atoms. The highest BCUT2D eigenvalue weighted by atomic mass is 14.8. The number of hydrogen-bond donors (Lipinski definition) is 1. The first kappa shape index (κ1) is 11.0. The van der Waals surface area contributed by atoms with Crippen molar-refractivity contribution in [3.8, 4) is 0 Å². The Hall–Kier alpha value is -0.0400. The fraction of sp³-hybridized carbons (Fsp3) is 1.00. The van der Waals surface area contributed by atoms with Gasteiger partial charge in [-0.3, -0.25) is 0 Å². The first-order valence-electron chi connectivity index (χ1n) is 5.87. The number of nitrogens with one attached hydrogen (secondary N) is 1. The van der Waals surface area contributed by atoms with Crippen molar-refractivity contribution in [1.82, 2.24) is 5.32 Å². The normalized spacial score (nSPS) is 18.7. The minimum atomic E-state index is 0.582. The maximum absolute atomic E-state index is 3.49. The van der Waals surface area contributed by atoms with Crippen LogP contribution in [0.2, 0.25) is 0 Å². The van der Waals surface area contributed by atoms with Crippen molar-refractivity contribution in [3.05, 3.63) is 0 Å². The molecule has 1 nitrogen and oxygen atoms in total. The van der Waals surface area contributed by atoms with Crippen molar-refractivity contribution in [2.75, 3.05) is 13.1 Å². The first-order valence-corrected chi connectivity index (χ1v) is 5.87. The number of rotatable bonds is 6. The van der Waals surface area contributed by atoms with Crippen LogP contribution in [-0.2, 0) is 0 Å². The van der Waals surface area contributed by atoms with E-state index in [1.807, 2.05) is 0 Å². The van der Waals surface area contributed by atoms with Gasteiger partial charge in [0.2, 0.25) is 0 Å². The van der Waals surface area contributed by atoms with E-state index in [4.69, 9.17) is 0 Å². The van der Waals surface area contributed by atoms with Gasteiger partial charge < -0.3 is 5.32 Å². The lowest BCUT2D eigenvalue weighted by Gasteiger charge is -2.40. The molecule has 0 aromatic rings.